The number of hydrogen-bond acceptors (Lipinski definition) is 4. The first-order valence-corrected chi connectivity index (χ1v) is 4.97. The number of aromatic nitrogens is 3. The van der Waals surface area contributed by atoms with E-state index in [1.54, 1.807) is 24.3 Å². The minimum Gasteiger partial charge on any atom is -0.399 e. The maximum absolute atomic E-state index is 14.2. The van der Waals surface area contributed by atoms with Crippen LogP contribution < -0.4 is 0 Å². The summed E-state index contributed by atoms with van der Waals surface area (Å²) in [7, 11) is 1.37. The molecule has 0 aliphatic heterocycles. The lowest BCUT2D eigenvalue weighted by Crippen LogP contribution is -2.17. The van der Waals surface area contributed by atoms with E-state index in [4.69, 9.17) is 0 Å². The van der Waals surface area contributed by atoms with Gasteiger partial charge in [0.2, 0.25) is 6.30 Å². The van der Waals surface area contributed by atoms with Crippen LogP contribution in [0.5, 0.6) is 0 Å². The van der Waals surface area contributed by atoms with Crippen molar-refractivity contribution in [2.45, 2.75) is 6.30 Å². The zero-order chi connectivity index (χ0) is 12.1. The molecular weight excluding hydrogens is 223 g/mol. The molecular formula is C11H11FN4O. The number of hydrogen-bond donors (Lipinski definition) is 0. The van der Waals surface area contributed by atoms with Crippen molar-refractivity contribution in [3.05, 3.63) is 48.5 Å². The van der Waals surface area contributed by atoms with Crippen LogP contribution in [0.3, 0.4) is 0 Å². The maximum atomic E-state index is 14.2. The van der Waals surface area contributed by atoms with Crippen LogP contribution >= 0.6 is 0 Å². The third-order valence-electron chi connectivity index (χ3n) is 2.15. The molecule has 6 heteroatoms. The summed E-state index contributed by atoms with van der Waals surface area (Å²) < 4.78 is 15.2. The summed E-state index contributed by atoms with van der Waals surface area (Å²) in [5.74, 6) is 0. The molecule has 2 rings (SSSR count). The predicted octanol–water partition coefficient (Wildman–Crippen LogP) is 1.80. The molecule has 0 saturated carbocycles. The van der Waals surface area contributed by atoms with E-state index < -0.39 is 6.30 Å². The molecule has 1 heterocycles. The Labute approximate surface area is 97.5 Å². The van der Waals surface area contributed by atoms with Gasteiger partial charge in [0.05, 0.1) is 0 Å². The molecule has 0 spiro atoms. The van der Waals surface area contributed by atoms with Gasteiger partial charge >= 0.3 is 0 Å². The van der Waals surface area contributed by atoms with Crippen LogP contribution in [0, 0.1) is 0 Å². The Morgan fingerprint density at radius 1 is 1.41 bits per heavy atom. The average molecular weight is 234 g/mol. The molecule has 1 atom stereocenters. The number of halogens is 1. The van der Waals surface area contributed by atoms with Crippen LogP contribution in [0.1, 0.15) is 11.9 Å². The molecule has 2 aromatic rings. The van der Waals surface area contributed by atoms with E-state index >= 15 is 0 Å². The van der Waals surface area contributed by atoms with Gasteiger partial charge in [0.15, 0.2) is 0 Å². The molecule has 0 saturated heterocycles. The standard InChI is InChI=1S/C11H11FN4O/c1-17-15-10(9-5-3-2-4-6-9)11(12)16-8-13-7-14-16/h2-8,11H,1H3. The van der Waals surface area contributed by atoms with Gasteiger partial charge in [0.1, 0.15) is 25.5 Å². The lowest BCUT2D eigenvalue weighted by atomic mass is 10.1. The van der Waals surface area contributed by atoms with Gasteiger partial charge in [-0.15, -0.1) is 0 Å². The summed E-state index contributed by atoms with van der Waals surface area (Å²) in [5.41, 5.74) is 0.788. The van der Waals surface area contributed by atoms with Gasteiger partial charge in [-0.25, -0.2) is 14.1 Å². The van der Waals surface area contributed by atoms with Gasteiger partial charge in [-0.05, 0) is 0 Å². The zero-order valence-electron chi connectivity index (χ0n) is 9.19. The Hall–Kier alpha value is -2.24. The Balaban J connectivity index is 2.34. The fourth-order valence-electron chi connectivity index (χ4n) is 1.40. The molecule has 0 bridgehead atoms. The number of oxime groups is 1. The molecule has 0 amide bonds. The van der Waals surface area contributed by atoms with E-state index in [-0.39, 0.29) is 5.71 Å². The molecule has 17 heavy (non-hydrogen) atoms. The Morgan fingerprint density at radius 2 is 2.18 bits per heavy atom. The molecule has 0 fully saturated rings. The summed E-state index contributed by atoms with van der Waals surface area (Å²) in [6, 6.07) is 8.95. The molecule has 5 nitrogen and oxygen atoms in total. The molecule has 1 aromatic heterocycles. The van der Waals surface area contributed by atoms with Gasteiger partial charge in [-0.3, -0.25) is 0 Å². The fraction of sp³-hybridized carbons (Fsp3) is 0.182. The maximum Gasteiger partial charge on any atom is 0.239 e. The first-order valence-electron chi connectivity index (χ1n) is 4.97. The lowest BCUT2D eigenvalue weighted by molar-refractivity contribution is 0.203. The average Bonchev–Trinajstić information content (AvgIpc) is 2.90. The van der Waals surface area contributed by atoms with Crippen LogP contribution in [0.2, 0.25) is 0 Å². The SMILES string of the molecule is CON=C(c1ccccc1)C(F)n1cncn1. The fourth-order valence-corrected chi connectivity index (χ4v) is 1.40. The van der Waals surface area contributed by atoms with Crippen LogP contribution in [-0.4, -0.2) is 27.6 Å². The summed E-state index contributed by atoms with van der Waals surface area (Å²) in [5, 5.41) is 7.44. The first-order chi connectivity index (χ1) is 8.33. The highest BCUT2D eigenvalue weighted by atomic mass is 19.1. The van der Waals surface area contributed by atoms with Crippen LogP contribution in [0.4, 0.5) is 4.39 Å². The number of alkyl halides is 1. The van der Waals surface area contributed by atoms with Crippen LogP contribution in [0.15, 0.2) is 48.1 Å². The Morgan fingerprint density at radius 3 is 2.76 bits per heavy atom. The van der Waals surface area contributed by atoms with Gasteiger partial charge in [-0.1, -0.05) is 35.5 Å². The van der Waals surface area contributed by atoms with E-state index in [2.05, 4.69) is 20.1 Å². The van der Waals surface area contributed by atoms with Crippen molar-refractivity contribution in [3.8, 4) is 0 Å². The lowest BCUT2D eigenvalue weighted by Gasteiger charge is -2.10. The van der Waals surface area contributed by atoms with Crippen molar-refractivity contribution in [2.24, 2.45) is 5.16 Å². The second-order valence-corrected chi connectivity index (χ2v) is 3.24. The van der Waals surface area contributed by atoms with Crippen molar-refractivity contribution in [2.75, 3.05) is 7.11 Å². The minimum atomic E-state index is -1.53. The molecule has 1 aromatic carbocycles. The molecule has 0 radical (unpaired) electrons. The molecule has 88 valence electrons. The topological polar surface area (TPSA) is 52.3 Å². The van der Waals surface area contributed by atoms with Gasteiger partial charge in [0.25, 0.3) is 0 Å². The highest BCUT2D eigenvalue weighted by Crippen LogP contribution is 2.15. The minimum absolute atomic E-state index is 0.151. The molecule has 0 N–H and O–H groups in total. The monoisotopic (exact) mass is 234 g/mol. The summed E-state index contributed by atoms with van der Waals surface area (Å²) in [6.45, 7) is 0. The third-order valence-corrected chi connectivity index (χ3v) is 2.15. The third kappa shape index (κ3) is 2.47. The van der Waals surface area contributed by atoms with Gasteiger partial charge in [0, 0.05) is 5.56 Å². The van der Waals surface area contributed by atoms with E-state index in [1.165, 1.54) is 19.8 Å². The van der Waals surface area contributed by atoms with Crippen LogP contribution in [-0.2, 0) is 4.84 Å². The second-order valence-electron chi connectivity index (χ2n) is 3.24. The van der Waals surface area contributed by atoms with E-state index in [1.807, 2.05) is 6.07 Å². The van der Waals surface area contributed by atoms with E-state index in [0.717, 1.165) is 4.68 Å². The first kappa shape index (κ1) is 11.3. The van der Waals surface area contributed by atoms with Gasteiger partial charge in [-0.2, -0.15) is 5.10 Å². The van der Waals surface area contributed by atoms with Crippen molar-refractivity contribution >= 4 is 5.71 Å². The highest BCUT2D eigenvalue weighted by molar-refractivity contribution is 6.02. The zero-order valence-corrected chi connectivity index (χ0v) is 9.19. The van der Waals surface area contributed by atoms with Crippen molar-refractivity contribution in [1.29, 1.82) is 0 Å². The summed E-state index contributed by atoms with van der Waals surface area (Å²) >= 11 is 0. The van der Waals surface area contributed by atoms with E-state index in [0.29, 0.717) is 5.56 Å². The largest absolute Gasteiger partial charge is 0.399 e. The molecule has 0 aliphatic rings. The van der Waals surface area contributed by atoms with E-state index in [9.17, 15) is 4.39 Å². The molecule has 1 unspecified atom stereocenters. The summed E-state index contributed by atoms with van der Waals surface area (Å²) in [4.78, 5) is 8.36. The number of rotatable bonds is 4. The Bertz CT molecular complexity index is 483. The van der Waals surface area contributed by atoms with Crippen molar-refractivity contribution in [1.82, 2.24) is 14.8 Å². The smallest absolute Gasteiger partial charge is 0.239 e. The normalized spacial score (nSPS) is 13.4. The van der Waals surface area contributed by atoms with Crippen LogP contribution in [0.25, 0.3) is 0 Å². The predicted molar refractivity (Wildman–Crippen MR) is 60.2 cm³/mol. The highest BCUT2D eigenvalue weighted by Gasteiger charge is 2.20. The number of benzene rings is 1. The van der Waals surface area contributed by atoms with Crippen molar-refractivity contribution in [3.63, 3.8) is 0 Å². The Kier molecular flexibility index (Phi) is 3.44. The second kappa shape index (κ2) is 5.20. The number of nitrogens with zero attached hydrogens (tertiary/aromatic N) is 4. The van der Waals surface area contributed by atoms with Gasteiger partial charge < -0.3 is 4.84 Å². The van der Waals surface area contributed by atoms with Crippen molar-refractivity contribution < 1.29 is 9.23 Å². The molecule has 0 aliphatic carbocycles. The summed E-state index contributed by atoms with van der Waals surface area (Å²) in [6.07, 6.45) is 1.03. The quantitative estimate of drug-likeness (QED) is 0.598.